The number of aryl methyl sites for hydroxylation is 1. The predicted molar refractivity (Wildman–Crippen MR) is 52.3 cm³/mol. The highest BCUT2D eigenvalue weighted by Crippen LogP contribution is 2.68. The van der Waals surface area contributed by atoms with Gasteiger partial charge in [0.25, 0.3) is 5.92 Å². The summed E-state index contributed by atoms with van der Waals surface area (Å²) in [7, 11) is 1.49. The summed E-state index contributed by atoms with van der Waals surface area (Å²) < 4.78 is 28.8. The number of amides is 1. The highest BCUT2D eigenvalue weighted by molar-refractivity contribution is 5.89. The fourth-order valence-corrected chi connectivity index (χ4v) is 2.64. The molecule has 1 N–H and O–H groups in total. The van der Waals surface area contributed by atoms with E-state index in [-0.39, 0.29) is 17.5 Å². The maximum atomic E-state index is 13.8. The van der Waals surface area contributed by atoms with Crippen molar-refractivity contribution in [1.29, 1.82) is 0 Å². The summed E-state index contributed by atoms with van der Waals surface area (Å²) >= 11 is 0. The highest BCUT2D eigenvalue weighted by atomic mass is 19.3. The number of hydrogen-bond donors (Lipinski definition) is 1. The SMILES string of the molecule is CC(=O)Nc1nn(C)c2c1[C@H]1C[C@H]1C2(F)F. The predicted octanol–water partition coefficient (Wildman–Crippen LogP) is 1.59. The van der Waals surface area contributed by atoms with Crippen LogP contribution in [0.1, 0.15) is 30.5 Å². The second-order valence-electron chi connectivity index (χ2n) is 4.49. The van der Waals surface area contributed by atoms with Crippen LogP contribution < -0.4 is 5.32 Å². The van der Waals surface area contributed by atoms with Gasteiger partial charge in [0.1, 0.15) is 5.69 Å². The van der Waals surface area contributed by atoms with E-state index < -0.39 is 11.8 Å². The molecule has 0 aromatic carbocycles. The van der Waals surface area contributed by atoms with E-state index in [2.05, 4.69) is 10.4 Å². The van der Waals surface area contributed by atoms with E-state index in [1.54, 1.807) is 0 Å². The third kappa shape index (κ3) is 1.02. The number of carbonyl (C=O) groups is 1. The molecule has 1 heterocycles. The lowest BCUT2D eigenvalue weighted by Gasteiger charge is -2.12. The molecule has 4 nitrogen and oxygen atoms in total. The number of rotatable bonds is 1. The molecule has 2 aliphatic rings. The Morgan fingerprint density at radius 1 is 1.62 bits per heavy atom. The van der Waals surface area contributed by atoms with Gasteiger partial charge in [0, 0.05) is 25.5 Å². The number of carbonyl (C=O) groups excluding carboxylic acids is 1. The molecule has 86 valence electrons. The maximum Gasteiger partial charge on any atom is 0.293 e. The van der Waals surface area contributed by atoms with E-state index in [4.69, 9.17) is 0 Å². The number of hydrogen-bond acceptors (Lipinski definition) is 2. The molecular formula is C10H11F2N3O. The van der Waals surface area contributed by atoms with Gasteiger partial charge in [-0.2, -0.15) is 13.9 Å². The molecule has 0 bridgehead atoms. The lowest BCUT2D eigenvalue weighted by Crippen LogP contribution is -2.18. The summed E-state index contributed by atoms with van der Waals surface area (Å²) in [5.74, 6) is -3.49. The minimum Gasteiger partial charge on any atom is -0.309 e. The van der Waals surface area contributed by atoms with Gasteiger partial charge in [0.05, 0.1) is 0 Å². The van der Waals surface area contributed by atoms with E-state index in [1.165, 1.54) is 18.7 Å². The third-order valence-corrected chi connectivity index (χ3v) is 3.32. The quantitative estimate of drug-likeness (QED) is 0.791. The minimum atomic E-state index is -2.79. The molecule has 0 radical (unpaired) electrons. The molecule has 16 heavy (non-hydrogen) atoms. The first-order valence-electron chi connectivity index (χ1n) is 5.15. The van der Waals surface area contributed by atoms with Crippen molar-refractivity contribution in [2.24, 2.45) is 13.0 Å². The average Bonchev–Trinajstić information content (AvgIpc) is 2.80. The summed E-state index contributed by atoms with van der Waals surface area (Å²) in [4.78, 5) is 11.0. The van der Waals surface area contributed by atoms with Crippen molar-refractivity contribution >= 4 is 11.7 Å². The van der Waals surface area contributed by atoms with Crippen molar-refractivity contribution < 1.29 is 13.6 Å². The number of anilines is 1. The van der Waals surface area contributed by atoms with Gasteiger partial charge < -0.3 is 5.32 Å². The number of nitrogens with zero attached hydrogens (tertiary/aromatic N) is 2. The molecule has 0 unspecified atom stereocenters. The van der Waals surface area contributed by atoms with Crippen molar-refractivity contribution in [2.45, 2.75) is 25.2 Å². The van der Waals surface area contributed by atoms with Gasteiger partial charge in [-0.05, 0) is 12.3 Å². The van der Waals surface area contributed by atoms with E-state index in [0.717, 1.165) is 0 Å². The van der Waals surface area contributed by atoms with Crippen LogP contribution in [0.2, 0.25) is 0 Å². The Kier molecular flexibility index (Phi) is 1.59. The normalized spacial score (nSPS) is 28.5. The molecule has 3 rings (SSSR count). The second-order valence-corrected chi connectivity index (χ2v) is 4.49. The van der Waals surface area contributed by atoms with Crippen molar-refractivity contribution in [2.75, 3.05) is 5.32 Å². The molecule has 6 heteroatoms. The van der Waals surface area contributed by atoms with Crippen LogP contribution in [0.5, 0.6) is 0 Å². The number of aromatic nitrogens is 2. The minimum absolute atomic E-state index is 0.0301. The van der Waals surface area contributed by atoms with Crippen molar-refractivity contribution in [1.82, 2.24) is 9.78 Å². The highest BCUT2D eigenvalue weighted by Gasteiger charge is 2.66. The van der Waals surface area contributed by atoms with Crippen molar-refractivity contribution in [3.05, 3.63) is 11.3 Å². The van der Waals surface area contributed by atoms with Crippen LogP contribution in [-0.4, -0.2) is 15.7 Å². The Balaban J connectivity index is 2.13. The topological polar surface area (TPSA) is 46.9 Å². The molecule has 1 fully saturated rings. The molecule has 1 aromatic heterocycles. The molecule has 0 aliphatic heterocycles. The molecule has 1 amide bonds. The first-order chi connectivity index (χ1) is 7.43. The Bertz CT molecular complexity index is 494. The molecule has 1 saturated carbocycles. The Morgan fingerprint density at radius 3 is 2.94 bits per heavy atom. The third-order valence-electron chi connectivity index (χ3n) is 3.32. The van der Waals surface area contributed by atoms with Crippen molar-refractivity contribution in [3.8, 4) is 0 Å². The van der Waals surface area contributed by atoms with Crippen LogP contribution in [-0.2, 0) is 17.8 Å². The molecule has 1 aromatic rings. The largest absolute Gasteiger partial charge is 0.309 e. The zero-order chi connectivity index (χ0) is 11.7. The lowest BCUT2D eigenvalue weighted by atomic mass is 10.1. The molecule has 2 aliphatic carbocycles. The summed E-state index contributed by atoms with van der Waals surface area (Å²) in [6.45, 7) is 1.35. The lowest BCUT2D eigenvalue weighted by molar-refractivity contribution is -0.114. The zero-order valence-corrected chi connectivity index (χ0v) is 8.92. The Morgan fingerprint density at radius 2 is 2.31 bits per heavy atom. The summed E-state index contributed by atoms with van der Waals surface area (Å²) in [5, 5.41) is 6.47. The van der Waals surface area contributed by atoms with Crippen LogP contribution in [0.15, 0.2) is 0 Å². The average molecular weight is 227 g/mol. The van der Waals surface area contributed by atoms with Gasteiger partial charge in [0.2, 0.25) is 5.91 Å². The summed E-state index contributed by atoms with van der Waals surface area (Å²) in [5.41, 5.74) is 0.505. The van der Waals surface area contributed by atoms with Gasteiger partial charge in [-0.15, -0.1) is 0 Å². The summed E-state index contributed by atoms with van der Waals surface area (Å²) in [6.07, 6.45) is 0.498. The molecular weight excluding hydrogens is 216 g/mol. The monoisotopic (exact) mass is 227 g/mol. The fraction of sp³-hybridized carbons (Fsp3) is 0.600. The Hall–Kier alpha value is -1.46. The van der Waals surface area contributed by atoms with E-state index in [0.29, 0.717) is 17.8 Å². The molecule has 0 spiro atoms. The smallest absolute Gasteiger partial charge is 0.293 e. The van der Waals surface area contributed by atoms with Crippen molar-refractivity contribution in [3.63, 3.8) is 0 Å². The van der Waals surface area contributed by atoms with Crippen LogP contribution in [0, 0.1) is 5.92 Å². The van der Waals surface area contributed by atoms with Gasteiger partial charge in [-0.25, -0.2) is 0 Å². The van der Waals surface area contributed by atoms with Crippen LogP contribution in [0.25, 0.3) is 0 Å². The van der Waals surface area contributed by atoms with Gasteiger partial charge >= 0.3 is 0 Å². The number of alkyl halides is 2. The van der Waals surface area contributed by atoms with Gasteiger partial charge in [0.15, 0.2) is 5.82 Å². The first-order valence-corrected chi connectivity index (χ1v) is 5.15. The second kappa shape index (κ2) is 2.61. The van der Waals surface area contributed by atoms with Crippen LogP contribution >= 0.6 is 0 Å². The van der Waals surface area contributed by atoms with E-state index in [1.807, 2.05) is 0 Å². The Labute approximate surface area is 90.6 Å². The van der Waals surface area contributed by atoms with Crippen LogP contribution in [0.4, 0.5) is 14.6 Å². The maximum absolute atomic E-state index is 13.8. The van der Waals surface area contributed by atoms with Crippen LogP contribution in [0.3, 0.4) is 0 Å². The summed E-state index contributed by atoms with van der Waals surface area (Å²) in [6, 6.07) is 0. The number of fused-ring (bicyclic) bond motifs is 3. The fourth-order valence-electron chi connectivity index (χ4n) is 2.64. The van der Waals surface area contributed by atoms with Gasteiger partial charge in [-0.3, -0.25) is 9.48 Å². The van der Waals surface area contributed by atoms with Gasteiger partial charge in [-0.1, -0.05) is 0 Å². The van der Waals surface area contributed by atoms with E-state index >= 15 is 0 Å². The number of nitrogens with one attached hydrogen (secondary N) is 1. The standard InChI is InChI=1S/C10H11F2N3O/c1-4(16)13-9-7-5-3-6(5)10(11,12)8(7)15(2)14-9/h5-6H,3H2,1-2H3,(H,13,14,16)/t5-,6+/m0/s1. The molecule has 2 atom stereocenters. The molecule has 0 saturated heterocycles. The first kappa shape index (κ1) is 9.74. The van der Waals surface area contributed by atoms with E-state index in [9.17, 15) is 13.6 Å². The number of halogens is 2. The zero-order valence-electron chi connectivity index (χ0n) is 8.92.